The predicted octanol–water partition coefficient (Wildman–Crippen LogP) is 1.09. The van der Waals surface area contributed by atoms with Crippen LogP contribution in [0.2, 0.25) is 0 Å². The van der Waals surface area contributed by atoms with Crippen LogP contribution in [0.1, 0.15) is 5.69 Å². The Morgan fingerprint density at radius 1 is 1.69 bits per heavy atom. The Morgan fingerprint density at radius 2 is 2.50 bits per heavy atom. The molecular weight excluding hydrogens is 226 g/mol. The van der Waals surface area contributed by atoms with Gasteiger partial charge in [-0.2, -0.15) is 0 Å². The highest BCUT2D eigenvalue weighted by atomic mass is 32.1. The molecule has 84 valence electrons. The van der Waals surface area contributed by atoms with E-state index < -0.39 is 12.0 Å². The first-order chi connectivity index (χ1) is 7.66. The average Bonchev–Trinajstić information content (AvgIpc) is 2.85. The Morgan fingerprint density at radius 3 is 3.12 bits per heavy atom. The molecule has 0 unspecified atom stereocenters. The lowest BCUT2D eigenvalue weighted by Gasteiger charge is -2.02. The minimum Gasteiger partial charge on any atom is -0.480 e. The number of aliphatic carboxylic acids is 1. The number of nitrogens with two attached hydrogens (primary N) is 1. The summed E-state index contributed by atoms with van der Waals surface area (Å²) in [6, 6.07) is 2.99. The minimum absolute atomic E-state index is 0.258. The number of hydrogen-bond acceptors (Lipinski definition) is 4. The van der Waals surface area contributed by atoms with Crippen LogP contribution in [0.15, 0.2) is 23.7 Å². The number of aromatic nitrogens is 2. The molecule has 0 aromatic carbocycles. The van der Waals surface area contributed by atoms with Crippen LogP contribution in [0.5, 0.6) is 0 Å². The first-order valence-corrected chi connectivity index (χ1v) is 5.61. The lowest BCUT2D eigenvalue weighted by Crippen LogP contribution is -2.32. The molecule has 6 heteroatoms. The van der Waals surface area contributed by atoms with Gasteiger partial charge in [0.1, 0.15) is 11.9 Å². The molecule has 2 aromatic heterocycles. The Hall–Kier alpha value is -1.66. The van der Waals surface area contributed by atoms with Crippen LogP contribution in [0.3, 0.4) is 0 Å². The van der Waals surface area contributed by atoms with Crippen LogP contribution in [0.25, 0.3) is 10.7 Å². The van der Waals surface area contributed by atoms with E-state index in [1.54, 1.807) is 17.5 Å². The van der Waals surface area contributed by atoms with Crippen molar-refractivity contribution in [2.45, 2.75) is 12.5 Å². The number of carbonyl (C=O) groups is 1. The van der Waals surface area contributed by atoms with Gasteiger partial charge in [-0.25, -0.2) is 4.98 Å². The van der Waals surface area contributed by atoms with Gasteiger partial charge < -0.3 is 15.8 Å². The molecule has 2 heterocycles. The van der Waals surface area contributed by atoms with E-state index in [9.17, 15) is 4.79 Å². The molecule has 0 aliphatic rings. The van der Waals surface area contributed by atoms with Gasteiger partial charge in [-0.3, -0.25) is 4.79 Å². The van der Waals surface area contributed by atoms with Gasteiger partial charge >= 0.3 is 5.97 Å². The van der Waals surface area contributed by atoms with Crippen LogP contribution >= 0.6 is 11.3 Å². The molecular formula is C10H11N3O2S. The van der Waals surface area contributed by atoms with Gasteiger partial charge in [0.05, 0.1) is 4.88 Å². The first-order valence-electron chi connectivity index (χ1n) is 4.73. The molecule has 5 nitrogen and oxygen atoms in total. The number of hydrogen-bond donors (Lipinski definition) is 3. The number of imidazole rings is 1. The lowest BCUT2D eigenvalue weighted by molar-refractivity contribution is -0.138. The third-order valence-corrected chi connectivity index (χ3v) is 3.02. The third kappa shape index (κ3) is 2.29. The minimum atomic E-state index is -1.01. The van der Waals surface area contributed by atoms with Crippen LogP contribution in [0, 0.1) is 0 Å². The van der Waals surface area contributed by atoms with E-state index in [4.69, 9.17) is 10.8 Å². The summed E-state index contributed by atoms with van der Waals surface area (Å²) >= 11 is 1.57. The SMILES string of the molecule is N[C@@H](Cc1cnc(-c2cccs2)[nH]1)C(=O)O. The smallest absolute Gasteiger partial charge is 0.320 e. The Bertz CT molecular complexity index is 478. The monoisotopic (exact) mass is 237 g/mol. The molecule has 0 saturated carbocycles. The summed E-state index contributed by atoms with van der Waals surface area (Å²) < 4.78 is 0. The quantitative estimate of drug-likeness (QED) is 0.742. The molecule has 1 atom stereocenters. The van der Waals surface area contributed by atoms with Crippen LogP contribution in [-0.2, 0) is 11.2 Å². The predicted molar refractivity (Wildman–Crippen MR) is 61.2 cm³/mol. The second-order valence-electron chi connectivity index (χ2n) is 3.38. The second-order valence-corrected chi connectivity index (χ2v) is 4.33. The van der Waals surface area contributed by atoms with Crippen LogP contribution in [0.4, 0.5) is 0 Å². The highest BCUT2D eigenvalue weighted by Crippen LogP contribution is 2.21. The van der Waals surface area contributed by atoms with Crippen LogP contribution in [-0.4, -0.2) is 27.1 Å². The molecule has 0 aliphatic heterocycles. The highest BCUT2D eigenvalue weighted by molar-refractivity contribution is 7.13. The molecule has 4 N–H and O–H groups in total. The zero-order valence-corrected chi connectivity index (χ0v) is 9.20. The van der Waals surface area contributed by atoms with E-state index in [2.05, 4.69) is 9.97 Å². The number of carboxylic acids is 1. The molecule has 2 aromatic rings. The van der Waals surface area contributed by atoms with Crippen molar-refractivity contribution in [3.8, 4) is 10.7 Å². The van der Waals surface area contributed by atoms with Gasteiger partial charge in [-0.1, -0.05) is 6.07 Å². The summed E-state index contributed by atoms with van der Waals surface area (Å²) in [6.07, 6.45) is 1.88. The Kier molecular flexibility index (Phi) is 3.02. The number of H-pyrrole nitrogens is 1. The van der Waals surface area contributed by atoms with Gasteiger partial charge in [0, 0.05) is 18.3 Å². The standard InChI is InChI=1S/C10H11N3O2S/c11-7(10(14)15)4-6-5-12-9(13-6)8-2-1-3-16-8/h1-3,5,7H,4,11H2,(H,12,13)(H,14,15)/t7-/m0/s1. The topological polar surface area (TPSA) is 92.0 Å². The lowest BCUT2D eigenvalue weighted by atomic mass is 10.2. The van der Waals surface area contributed by atoms with Gasteiger partial charge in [0.15, 0.2) is 0 Å². The molecule has 16 heavy (non-hydrogen) atoms. The summed E-state index contributed by atoms with van der Waals surface area (Å²) in [6.45, 7) is 0. The number of carboxylic acid groups (broad SMARTS) is 1. The molecule has 0 aliphatic carbocycles. The first kappa shape index (κ1) is 10.8. The Labute approximate surface area is 95.9 Å². The number of aromatic amines is 1. The summed E-state index contributed by atoms with van der Waals surface area (Å²) in [5, 5.41) is 10.6. The maximum Gasteiger partial charge on any atom is 0.320 e. The van der Waals surface area contributed by atoms with Crippen molar-refractivity contribution in [1.29, 1.82) is 0 Å². The van der Waals surface area contributed by atoms with Crippen LogP contribution < -0.4 is 5.73 Å². The largest absolute Gasteiger partial charge is 0.480 e. The molecule has 0 spiro atoms. The maximum atomic E-state index is 10.6. The number of nitrogens with one attached hydrogen (secondary N) is 1. The molecule has 0 saturated heterocycles. The molecule has 0 bridgehead atoms. The highest BCUT2D eigenvalue weighted by Gasteiger charge is 2.14. The normalized spacial score (nSPS) is 12.6. The van der Waals surface area contributed by atoms with Crippen molar-refractivity contribution >= 4 is 17.3 Å². The van der Waals surface area contributed by atoms with E-state index in [1.165, 1.54) is 0 Å². The van der Waals surface area contributed by atoms with E-state index in [0.717, 1.165) is 16.4 Å². The van der Waals surface area contributed by atoms with Crippen molar-refractivity contribution in [3.63, 3.8) is 0 Å². The fraction of sp³-hybridized carbons (Fsp3) is 0.200. The van der Waals surface area contributed by atoms with E-state index in [1.807, 2.05) is 17.5 Å². The van der Waals surface area contributed by atoms with Crippen molar-refractivity contribution in [2.75, 3.05) is 0 Å². The van der Waals surface area contributed by atoms with Crippen molar-refractivity contribution in [2.24, 2.45) is 5.73 Å². The fourth-order valence-electron chi connectivity index (χ4n) is 1.33. The molecule has 0 amide bonds. The number of nitrogens with zero attached hydrogens (tertiary/aromatic N) is 1. The Balaban J connectivity index is 2.11. The molecule has 2 rings (SSSR count). The summed E-state index contributed by atoms with van der Waals surface area (Å²) in [5.74, 6) is -0.255. The van der Waals surface area contributed by atoms with E-state index >= 15 is 0 Å². The van der Waals surface area contributed by atoms with E-state index in [0.29, 0.717) is 0 Å². The number of rotatable bonds is 4. The van der Waals surface area contributed by atoms with Gasteiger partial charge in [-0.05, 0) is 11.4 Å². The maximum absolute atomic E-state index is 10.6. The number of thiophene rings is 1. The third-order valence-electron chi connectivity index (χ3n) is 2.14. The average molecular weight is 237 g/mol. The summed E-state index contributed by atoms with van der Waals surface area (Å²) in [7, 11) is 0. The summed E-state index contributed by atoms with van der Waals surface area (Å²) in [5.41, 5.74) is 6.17. The molecule has 0 fully saturated rings. The fourth-order valence-corrected chi connectivity index (χ4v) is 2.00. The van der Waals surface area contributed by atoms with Crippen molar-refractivity contribution in [1.82, 2.24) is 9.97 Å². The van der Waals surface area contributed by atoms with Gasteiger partial charge in [0.2, 0.25) is 0 Å². The van der Waals surface area contributed by atoms with Gasteiger partial charge in [-0.15, -0.1) is 11.3 Å². The molecule has 0 radical (unpaired) electrons. The summed E-state index contributed by atoms with van der Waals surface area (Å²) in [4.78, 5) is 18.8. The van der Waals surface area contributed by atoms with Crippen molar-refractivity contribution < 1.29 is 9.90 Å². The van der Waals surface area contributed by atoms with E-state index in [-0.39, 0.29) is 6.42 Å². The zero-order chi connectivity index (χ0) is 11.5. The zero-order valence-electron chi connectivity index (χ0n) is 8.38. The second kappa shape index (κ2) is 4.46. The van der Waals surface area contributed by atoms with Crippen molar-refractivity contribution in [3.05, 3.63) is 29.4 Å². The van der Waals surface area contributed by atoms with Gasteiger partial charge in [0.25, 0.3) is 0 Å².